The van der Waals surface area contributed by atoms with Crippen LogP contribution in [0.25, 0.3) is 10.9 Å². The number of aromatic nitrogens is 1. The molecule has 2 aromatic rings. The van der Waals surface area contributed by atoms with Crippen LogP contribution in [-0.4, -0.2) is 48.7 Å². The fraction of sp³-hybridized carbons (Fsp3) is 0.375. The zero-order chi connectivity index (χ0) is 15.6. The molecule has 0 bridgehead atoms. The number of nitrogens with zero attached hydrogens (tertiary/aromatic N) is 1. The number of ketones is 2. The summed E-state index contributed by atoms with van der Waals surface area (Å²) in [6, 6.07) is 5.31. The summed E-state index contributed by atoms with van der Waals surface area (Å²) in [5.41, 5.74) is 1.87. The van der Waals surface area contributed by atoms with Gasteiger partial charge in [-0.05, 0) is 33.2 Å². The Bertz CT molecular complexity index is 686. The molecule has 0 aliphatic carbocycles. The first-order valence-corrected chi connectivity index (χ1v) is 6.84. The van der Waals surface area contributed by atoms with Crippen molar-refractivity contribution in [1.29, 1.82) is 0 Å². The van der Waals surface area contributed by atoms with Crippen molar-refractivity contribution >= 4 is 22.5 Å². The molecule has 0 amide bonds. The third kappa shape index (κ3) is 3.49. The molecule has 21 heavy (non-hydrogen) atoms. The number of benzene rings is 1. The molecule has 1 aromatic carbocycles. The van der Waals surface area contributed by atoms with Gasteiger partial charge in [-0.25, -0.2) is 0 Å². The molecule has 0 spiro atoms. The predicted octanol–water partition coefficient (Wildman–Crippen LogP) is 2.51. The van der Waals surface area contributed by atoms with E-state index in [-0.39, 0.29) is 11.6 Å². The Hall–Kier alpha value is -2.14. The van der Waals surface area contributed by atoms with E-state index in [1.807, 2.05) is 19.0 Å². The van der Waals surface area contributed by atoms with Crippen molar-refractivity contribution in [2.75, 3.05) is 27.2 Å². The largest absolute Gasteiger partial charge is 0.491 e. The Morgan fingerprint density at radius 3 is 2.43 bits per heavy atom. The SMILES string of the molecule is CC(=O)c1cc2cc(C(C)=O)c(OCCN(C)C)cc2[nH]1. The second-order valence-corrected chi connectivity index (χ2v) is 5.38. The summed E-state index contributed by atoms with van der Waals surface area (Å²) in [6.45, 7) is 4.28. The average Bonchev–Trinajstić information content (AvgIpc) is 2.80. The number of rotatable bonds is 6. The number of fused-ring (bicyclic) bond motifs is 1. The van der Waals surface area contributed by atoms with Crippen molar-refractivity contribution in [3.63, 3.8) is 0 Å². The molecular formula is C16H20N2O3. The average molecular weight is 288 g/mol. The number of nitrogens with one attached hydrogen (secondary N) is 1. The Labute approximate surface area is 123 Å². The van der Waals surface area contributed by atoms with Crippen molar-refractivity contribution in [1.82, 2.24) is 9.88 Å². The summed E-state index contributed by atoms with van der Waals surface area (Å²) in [5.74, 6) is 0.460. The third-order valence-corrected chi connectivity index (χ3v) is 3.28. The Kier molecular flexibility index (Phi) is 4.43. The zero-order valence-corrected chi connectivity index (χ0v) is 12.8. The molecule has 0 radical (unpaired) electrons. The number of Topliss-reactive ketones (excluding diaryl/α,β-unsaturated/α-hetero) is 2. The van der Waals surface area contributed by atoms with Crippen LogP contribution in [0.4, 0.5) is 0 Å². The third-order valence-electron chi connectivity index (χ3n) is 3.28. The molecule has 1 aromatic heterocycles. The number of H-pyrrole nitrogens is 1. The van der Waals surface area contributed by atoms with Crippen molar-refractivity contribution in [2.45, 2.75) is 13.8 Å². The topological polar surface area (TPSA) is 62.4 Å². The summed E-state index contributed by atoms with van der Waals surface area (Å²) in [4.78, 5) is 28.3. The van der Waals surface area contributed by atoms with E-state index < -0.39 is 0 Å². The van der Waals surface area contributed by atoms with E-state index in [4.69, 9.17) is 4.74 Å². The van der Waals surface area contributed by atoms with Gasteiger partial charge in [-0.3, -0.25) is 9.59 Å². The van der Waals surface area contributed by atoms with Crippen molar-refractivity contribution in [3.8, 4) is 5.75 Å². The first kappa shape index (κ1) is 15.3. The second-order valence-electron chi connectivity index (χ2n) is 5.38. The van der Waals surface area contributed by atoms with Crippen molar-refractivity contribution < 1.29 is 14.3 Å². The van der Waals surface area contributed by atoms with Crippen molar-refractivity contribution in [2.24, 2.45) is 0 Å². The van der Waals surface area contributed by atoms with Gasteiger partial charge in [-0.1, -0.05) is 0 Å². The highest BCUT2D eigenvalue weighted by Crippen LogP contribution is 2.27. The number of carbonyl (C=O) groups is 2. The van der Waals surface area contributed by atoms with E-state index in [2.05, 4.69) is 4.98 Å². The van der Waals surface area contributed by atoms with Crippen LogP contribution < -0.4 is 4.74 Å². The number of hydrogen-bond acceptors (Lipinski definition) is 4. The minimum Gasteiger partial charge on any atom is -0.491 e. The van der Waals surface area contributed by atoms with E-state index in [0.717, 1.165) is 17.4 Å². The quantitative estimate of drug-likeness (QED) is 0.830. The molecule has 0 atom stereocenters. The number of hydrogen-bond donors (Lipinski definition) is 1. The first-order valence-electron chi connectivity index (χ1n) is 6.84. The molecule has 0 saturated heterocycles. The number of ether oxygens (including phenoxy) is 1. The molecule has 0 aliphatic heterocycles. The number of aromatic amines is 1. The van der Waals surface area contributed by atoms with Gasteiger partial charge < -0.3 is 14.6 Å². The van der Waals surface area contributed by atoms with Crippen LogP contribution >= 0.6 is 0 Å². The van der Waals surface area contributed by atoms with Gasteiger partial charge in [0.2, 0.25) is 0 Å². The highest BCUT2D eigenvalue weighted by Gasteiger charge is 2.13. The molecule has 0 aliphatic rings. The molecular weight excluding hydrogens is 268 g/mol. The van der Waals surface area contributed by atoms with Crippen LogP contribution in [0.3, 0.4) is 0 Å². The van der Waals surface area contributed by atoms with Crippen LogP contribution in [0, 0.1) is 0 Å². The van der Waals surface area contributed by atoms with Crippen LogP contribution in [0.15, 0.2) is 18.2 Å². The molecule has 1 N–H and O–H groups in total. The minimum atomic E-state index is -0.0534. The van der Waals surface area contributed by atoms with Crippen LogP contribution in [0.2, 0.25) is 0 Å². The Balaban J connectivity index is 2.39. The lowest BCUT2D eigenvalue weighted by atomic mass is 10.1. The Morgan fingerprint density at radius 1 is 1.14 bits per heavy atom. The van der Waals surface area contributed by atoms with Crippen LogP contribution in [-0.2, 0) is 0 Å². The molecule has 0 fully saturated rings. The van der Waals surface area contributed by atoms with Gasteiger partial charge in [0.15, 0.2) is 11.6 Å². The van der Waals surface area contributed by atoms with E-state index in [9.17, 15) is 9.59 Å². The van der Waals surface area contributed by atoms with Gasteiger partial charge in [0.1, 0.15) is 12.4 Å². The van der Waals surface area contributed by atoms with Gasteiger partial charge in [-0.2, -0.15) is 0 Å². The van der Waals surface area contributed by atoms with Gasteiger partial charge in [-0.15, -0.1) is 0 Å². The van der Waals surface area contributed by atoms with Crippen LogP contribution in [0.5, 0.6) is 5.75 Å². The van der Waals surface area contributed by atoms with E-state index in [1.165, 1.54) is 13.8 Å². The van der Waals surface area contributed by atoms with E-state index in [0.29, 0.717) is 23.6 Å². The summed E-state index contributed by atoms with van der Waals surface area (Å²) < 4.78 is 5.72. The summed E-state index contributed by atoms with van der Waals surface area (Å²) >= 11 is 0. The van der Waals surface area contributed by atoms with E-state index in [1.54, 1.807) is 18.2 Å². The van der Waals surface area contributed by atoms with Crippen molar-refractivity contribution in [3.05, 3.63) is 29.5 Å². The summed E-state index contributed by atoms with van der Waals surface area (Å²) in [7, 11) is 3.92. The zero-order valence-electron chi connectivity index (χ0n) is 12.8. The highest BCUT2D eigenvalue weighted by atomic mass is 16.5. The number of likely N-dealkylation sites (N-methyl/N-ethyl adjacent to an activating group) is 1. The lowest BCUT2D eigenvalue weighted by Gasteiger charge is -2.13. The van der Waals surface area contributed by atoms with E-state index >= 15 is 0 Å². The molecule has 112 valence electrons. The lowest BCUT2D eigenvalue weighted by molar-refractivity contribution is 0.100. The maximum Gasteiger partial charge on any atom is 0.175 e. The molecule has 1 heterocycles. The monoisotopic (exact) mass is 288 g/mol. The maximum absolute atomic E-state index is 11.8. The van der Waals surface area contributed by atoms with Crippen LogP contribution in [0.1, 0.15) is 34.7 Å². The van der Waals surface area contributed by atoms with Gasteiger partial charge in [0, 0.05) is 30.4 Å². The standard InChI is InChI=1S/C16H20N2O3/c1-10(19)13-7-12-8-14(11(2)20)17-15(12)9-16(13)21-6-5-18(3)4/h7-9,17H,5-6H2,1-4H3. The molecule has 0 saturated carbocycles. The Morgan fingerprint density at radius 2 is 1.86 bits per heavy atom. The lowest BCUT2D eigenvalue weighted by Crippen LogP contribution is -2.20. The molecule has 5 heteroatoms. The summed E-state index contributed by atoms with van der Waals surface area (Å²) in [5, 5.41) is 0.838. The normalized spacial score (nSPS) is 11.1. The fourth-order valence-corrected chi connectivity index (χ4v) is 2.08. The first-order chi connectivity index (χ1) is 9.88. The molecule has 0 unspecified atom stereocenters. The smallest absolute Gasteiger partial charge is 0.175 e. The van der Waals surface area contributed by atoms with Gasteiger partial charge in [0.25, 0.3) is 0 Å². The number of carbonyl (C=O) groups excluding carboxylic acids is 2. The molecule has 2 rings (SSSR count). The minimum absolute atomic E-state index is 0.0364. The second kappa shape index (κ2) is 6.10. The highest BCUT2D eigenvalue weighted by molar-refractivity contribution is 6.03. The van der Waals surface area contributed by atoms with Gasteiger partial charge in [0.05, 0.1) is 11.3 Å². The maximum atomic E-state index is 11.8. The summed E-state index contributed by atoms with van der Waals surface area (Å²) in [6.07, 6.45) is 0. The van der Waals surface area contributed by atoms with Gasteiger partial charge >= 0.3 is 0 Å². The molecule has 5 nitrogen and oxygen atoms in total. The fourth-order valence-electron chi connectivity index (χ4n) is 2.08. The predicted molar refractivity (Wildman–Crippen MR) is 82.4 cm³/mol.